The third kappa shape index (κ3) is 3.28. The maximum Gasteiger partial charge on any atom is 0.136 e. The summed E-state index contributed by atoms with van der Waals surface area (Å²) >= 11 is 1.88. The minimum absolute atomic E-state index is 0.920. The standard InChI is InChI=1S/C40H23NOS/c1-2-9-26-21-34-31(20-25(26)8-1)32-23-39-33(29-10-4-6-15-38(29)43-39)22-35(32)41(34)27-18-16-24(17-19-27)28-12-7-14-37-40(28)30-11-3-5-13-36(30)42-37/h1-23H. The second kappa shape index (κ2) is 8.57. The quantitative estimate of drug-likeness (QED) is 0.204. The lowest BCUT2D eigenvalue weighted by Gasteiger charge is -2.11. The summed E-state index contributed by atoms with van der Waals surface area (Å²) < 4.78 is 11.3. The first kappa shape index (κ1) is 23.2. The zero-order valence-electron chi connectivity index (χ0n) is 23.0. The van der Waals surface area contributed by atoms with Crippen molar-refractivity contribution in [3.05, 3.63) is 140 Å². The molecule has 3 aromatic heterocycles. The lowest BCUT2D eigenvalue weighted by Crippen LogP contribution is -1.94. The van der Waals surface area contributed by atoms with Crippen LogP contribution in [0.3, 0.4) is 0 Å². The molecule has 0 fully saturated rings. The minimum atomic E-state index is 0.920. The highest BCUT2D eigenvalue weighted by Gasteiger charge is 2.17. The molecule has 0 aliphatic heterocycles. The molecule has 200 valence electrons. The normalized spacial score (nSPS) is 12.2. The molecule has 10 aromatic rings. The predicted molar refractivity (Wildman–Crippen MR) is 184 cm³/mol. The second-order valence-electron chi connectivity index (χ2n) is 11.3. The molecular weight excluding hydrogens is 543 g/mol. The number of aromatic nitrogens is 1. The summed E-state index contributed by atoms with van der Waals surface area (Å²) in [7, 11) is 0. The minimum Gasteiger partial charge on any atom is -0.456 e. The van der Waals surface area contributed by atoms with E-state index in [2.05, 4.69) is 132 Å². The molecule has 43 heavy (non-hydrogen) atoms. The van der Waals surface area contributed by atoms with E-state index >= 15 is 0 Å². The van der Waals surface area contributed by atoms with E-state index in [1.165, 1.54) is 69.3 Å². The molecule has 0 aliphatic carbocycles. The van der Waals surface area contributed by atoms with Gasteiger partial charge in [0.2, 0.25) is 0 Å². The summed E-state index contributed by atoms with van der Waals surface area (Å²) in [6, 6.07) is 50.6. The van der Waals surface area contributed by atoms with Gasteiger partial charge >= 0.3 is 0 Å². The van der Waals surface area contributed by atoms with Crippen molar-refractivity contribution in [2.75, 3.05) is 0 Å². The van der Waals surface area contributed by atoms with Crippen LogP contribution in [0.1, 0.15) is 0 Å². The van der Waals surface area contributed by atoms with Crippen LogP contribution >= 0.6 is 11.3 Å². The van der Waals surface area contributed by atoms with Crippen molar-refractivity contribution in [2.45, 2.75) is 0 Å². The SMILES string of the molecule is c1ccc2cc3c(cc2c1)c1cc2sc4ccccc4c2cc1n3-c1ccc(-c2cccc3oc4ccccc4c23)cc1. The predicted octanol–water partition coefficient (Wildman–Crippen LogP) is 11.9. The Hall–Kier alpha value is -5.38. The highest BCUT2D eigenvalue weighted by molar-refractivity contribution is 7.25. The van der Waals surface area contributed by atoms with E-state index in [9.17, 15) is 0 Å². The first-order valence-corrected chi connectivity index (χ1v) is 15.4. The van der Waals surface area contributed by atoms with Crippen molar-refractivity contribution in [2.24, 2.45) is 0 Å². The van der Waals surface area contributed by atoms with Gasteiger partial charge < -0.3 is 8.98 Å². The Morgan fingerprint density at radius 2 is 1.16 bits per heavy atom. The zero-order chi connectivity index (χ0) is 28.1. The van der Waals surface area contributed by atoms with Gasteiger partial charge in [-0.3, -0.25) is 0 Å². The summed E-state index contributed by atoms with van der Waals surface area (Å²) in [6.07, 6.45) is 0. The number of fused-ring (bicyclic) bond motifs is 10. The number of rotatable bonds is 2. The van der Waals surface area contributed by atoms with Crippen molar-refractivity contribution < 1.29 is 4.42 Å². The number of furan rings is 1. The molecule has 0 radical (unpaired) electrons. The first-order chi connectivity index (χ1) is 21.3. The van der Waals surface area contributed by atoms with Crippen LogP contribution in [0.4, 0.5) is 0 Å². The molecule has 2 nitrogen and oxygen atoms in total. The summed E-state index contributed by atoms with van der Waals surface area (Å²) in [5, 5.41) is 10.0. The van der Waals surface area contributed by atoms with E-state index in [0.717, 1.165) is 22.2 Å². The third-order valence-electron chi connectivity index (χ3n) is 8.97. The molecule has 0 N–H and O–H groups in total. The fraction of sp³-hybridized carbons (Fsp3) is 0. The van der Waals surface area contributed by atoms with Crippen molar-refractivity contribution in [1.29, 1.82) is 0 Å². The Bertz CT molecular complexity index is 2720. The van der Waals surface area contributed by atoms with Gasteiger partial charge in [0, 0.05) is 47.4 Å². The molecule has 0 saturated carbocycles. The molecule has 0 unspecified atom stereocenters. The number of hydrogen-bond donors (Lipinski definition) is 0. The van der Waals surface area contributed by atoms with Gasteiger partial charge in [0.25, 0.3) is 0 Å². The summed E-state index contributed by atoms with van der Waals surface area (Å²) in [6.45, 7) is 0. The molecule has 3 heteroatoms. The van der Waals surface area contributed by atoms with Crippen molar-refractivity contribution >= 4 is 86.0 Å². The lowest BCUT2D eigenvalue weighted by molar-refractivity contribution is 0.669. The lowest BCUT2D eigenvalue weighted by atomic mass is 9.99. The first-order valence-electron chi connectivity index (χ1n) is 14.6. The molecule has 0 spiro atoms. The van der Waals surface area contributed by atoms with Gasteiger partial charge in [-0.2, -0.15) is 0 Å². The van der Waals surface area contributed by atoms with Crippen LogP contribution < -0.4 is 0 Å². The van der Waals surface area contributed by atoms with E-state index in [-0.39, 0.29) is 0 Å². The molecule has 0 aliphatic rings. The van der Waals surface area contributed by atoms with Gasteiger partial charge in [0.1, 0.15) is 11.2 Å². The van der Waals surface area contributed by atoms with E-state index < -0.39 is 0 Å². The maximum absolute atomic E-state index is 6.18. The van der Waals surface area contributed by atoms with Crippen LogP contribution in [0.25, 0.3) is 91.5 Å². The number of hydrogen-bond acceptors (Lipinski definition) is 2. The smallest absolute Gasteiger partial charge is 0.136 e. The van der Waals surface area contributed by atoms with E-state index in [1.807, 2.05) is 23.5 Å². The molecular formula is C40H23NOS. The van der Waals surface area contributed by atoms with Crippen LogP contribution in [-0.4, -0.2) is 4.57 Å². The summed E-state index contributed by atoms with van der Waals surface area (Å²) in [5.41, 5.74) is 7.83. The van der Waals surface area contributed by atoms with Gasteiger partial charge in [-0.25, -0.2) is 0 Å². The van der Waals surface area contributed by atoms with Crippen LogP contribution in [0.5, 0.6) is 0 Å². The fourth-order valence-electron chi connectivity index (χ4n) is 7.00. The van der Waals surface area contributed by atoms with Gasteiger partial charge in [0.15, 0.2) is 0 Å². The number of nitrogens with zero attached hydrogens (tertiary/aromatic N) is 1. The van der Waals surface area contributed by atoms with E-state index in [1.54, 1.807) is 0 Å². The van der Waals surface area contributed by atoms with Crippen LogP contribution in [0.15, 0.2) is 144 Å². The molecule has 7 aromatic carbocycles. The van der Waals surface area contributed by atoms with E-state index in [0.29, 0.717) is 0 Å². The number of benzene rings is 7. The topological polar surface area (TPSA) is 18.1 Å². The van der Waals surface area contributed by atoms with Crippen LogP contribution in [-0.2, 0) is 0 Å². The fourth-order valence-corrected chi connectivity index (χ4v) is 8.13. The van der Waals surface area contributed by atoms with Gasteiger partial charge in [-0.15, -0.1) is 11.3 Å². The molecule has 3 heterocycles. The zero-order valence-corrected chi connectivity index (χ0v) is 23.9. The number of para-hydroxylation sites is 1. The Kier molecular flexibility index (Phi) is 4.63. The van der Waals surface area contributed by atoms with Crippen molar-refractivity contribution in [1.82, 2.24) is 4.57 Å². The van der Waals surface area contributed by atoms with Crippen LogP contribution in [0, 0.1) is 0 Å². The molecule has 0 atom stereocenters. The molecule has 0 saturated heterocycles. The molecule has 0 bridgehead atoms. The molecule has 0 amide bonds. The maximum atomic E-state index is 6.18. The summed E-state index contributed by atoms with van der Waals surface area (Å²) in [5.74, 6) is 0. The Labute approximate surface area is 250 Å². The largest absolute Gasteiger partial charge is 0.456 e. The Morgan fingerprint density at radius 1 is 0.465 bits per heavy atom. The number of thiophene rings is 1. The van der Waals surface area contributed by atoms with E-state index in [4.69, 9.17) is 4.42 Å². The van der Waals surface area contributed by atoms with Crippen molar-refractivity contribution in [3.8, 4) is 16.8 Å². The van der Waals surface area contributed by atoms with Crippen LogP contribution in [0.2, 0.25) is 0 Å². The second-order valence-corrected chi connectivity index (χ2v) is 12.4. The van der Waals surface area contributed by atoms with Crippen molar-refractivity contribution in [3.63, 3.8) is 0 Å². The molecule has 10 rings (SSSR count). The Balaban J connectivity index is 1.24. The third-order valence-corrected chi connectivity index (χ3v) is 10.1. The van der Waals surface area contributed by atoms with Gasteiger partial charge in [-0.05, 0) is 76.5 Å². The average Bonchev–Trinajstić information content (AvgIpc) is 3.71. The van der Waals surface area contributed by atoms with Gasteiger partial charge in [0.05, 0.1) is 11.0 Å². The van der Waals surface area contributed by atoms with Gasteiger partial charge in [-0.1, -0.05) is 84.9 Å². The monoisotopic (exact) mass is 565 g/mol. The highest BCUT2D eigenvalue weighted by atomic mass is 32.1. The summed E-state index contributed by atoms with van der Waals surface area (Å²) in [4.78, 5) is 0. The Morgan fingerprint density at radius 3 is 2.05 bits per heavy atom. The highest BCUT2D eigenvalue weighted by Crippen LogP contribution is 2.42. The average molecular weight is 566 g/mol.